The number of ether oxygens (including phenoxy) is 3. The normalized spacial score (nSPS) is 13.1. The lowest BCUT2D eigenvalue weighted by Crippen LogP contribution is -2.46. The number of carbonyl (C=O) groups excluding carboxylic acids is 1. The fourth-order valence-corrected chi connectivity index (χ4v) is 2.24. The maximum atomic E-state index is 12.5. The highest BCUT2D eigenvalue weighted by atomic mass is 16.7. The van der Waals surface area contributed by atoms with Crippen LogP contribution >= 0.6 is 0 Å². The molecule has 1 rings (SSSR count). The molecule has 0 aliphatic heterocycles. The van der Waals surface area contributed by atoms with Gasteiger partial charge in [-0.3, -0.25) is 10.1 Å². The summed E-state index contributed by atoms with van der Waals surface area (Å²) in [5, 5.41) is 3.24. The minimum absolute atomic E-state index is 0.266. The first-order valence-electron chi connectivity index (χ1n) is 8.59. The fourth-order valence-electron chi connectivity index (χ4n) is 2.24. The molecule has 5 heteroatoms. The summed E-state index contributed by atoms with van der Waals surface area (Å²) in [7, 11) is 0. The van der Waals surface area contributed by atoms with E-state index in [1.54, 1.807) is 0 Å². The molecular formula is C19H31NO4. The second-order valence-electron chi connectivity index (χ2n) is 6.52. The summed E-state index contributed by atoms with van der Waals surface area (Å²) in [6.07, 6.45) is 0.182. The van der Waals surface area contributed by atoms with Crippen molar-refractivity contribution in [2.45, 2.75) is 59.0 Å². The van der Waals surface area contributed by atoms with E-state index in [4.69, 9.17) is 14.2 Å². The van der Waals surface area contributed by atoms with Gasteiger partial charge in [-0.05, 0) is 46.6 Å². The van der Waals surface area contributed by atoms with E-state index in [1.807, 2.05) is 65.0 Å². The molecule has 136 valence electrons. The van der Waals surface area contributed by atoms with Crippen LogP contribution in [0, 0.1) is 0 Å². The molecule has 1 aromatic rings. The predicted octanol–water partition coefficient (Wildman–Crippen LogP) is 2.93. The number of benzene rings is 1. The summed E-state index contributed by atoms with van der Waals surface area (Å²) in [4.78, 5) is 12.5. The molecule has 1 unspecified atom stereocenters. The Kier molecular flexibility index (Phi) is 8.97. The zero-order valence-electron chi connectivity index (χ0n) is 15.5. The maximum absolute atomic E-state index is 12.5. The summed E-state index contributed by atoms with van der Waals surface area (Å²) < 4.78 is 16.6. The second kappa shape index (κ2) is 10.4. The Morgan fingerprint density at radius 3 is 2.17 bits per heavy atom. The molecule has 0 heterocycles. The van der Waals surface area contributed by atoms with Gasteiger partial charge in [0, 0.05) is 19.8 Å². The van der Waals surface area contributed by atoms with Gasteiger partial charge in [0.15, 0.2) is 6.29 Å². The molecular weight excluding hydrogens is 306 g/mol. The Morgan fingerprint density at radius 1 is 1.08 bits per heavy atom. The third-order valence-electron chi connectivity index (χ3n) is 3.21. The van der Waals surface area contributed by atoms with Crippen LogP contribution < -0.4 is 5.32 Å². The molecule has 0 amide bonds. The van der Waals surface area contributed by atoms with Crippen LogP contribution in [-0.2, 0) is 25.4 Å². The largest absolute Gasteiger partial charge is 0.459 e. The van der Waals surface area contributed by atoms with Crippen LogP contribution in [-0.4, -0.2) is 43.7 Å². The van der Waals surface area contributed by atoms with Gasteiger partial charge in [-0.25, -0.2) is 0 Å². The van der Waals surface area contributed by atoms with E-state index in [2.05, 4.69) is 5.32 Å². The molecule has 0 radical (unpaired) electrons. The van der Waals surface area contributed by atoms with E-state index in [0.717, 1.165) is 5.56 Å². The summed E-state index contributed by atoms with van der Waals surface area (Å²) >= 11 is 0. The number of hydrogen-bond acceptors (Lipinski definition) is 5. The van der Waals surface area contributed by atoms with Crippen LogP contribution in [0.2, 0.25) is 0 Å². The van der Waals surface area contributed by atoms with Crippen LogP contribution in [0.4, 0.5) is 0 Å². The molecule has 0 saturated heterocycles. The average Bonchev–Trinajstić information content (AvgIpc) is 2.51. The van der Waals surface area contributed by atoms with Crippen molar-refractivity contribution in [3.8, 4) is 0 Å². The van der Waals surface area contributed by atoms with Gasteiger partial charge in [0.1, 0.15) is 11.6 Å². The smallest absolute Gasteiger partial charge is 0.324 e. The fraction of sp³-hybridized carbons (Fsp3) is 0.632. The quantitative estimate of drug-likeness (QED) is 0.525. The zero-order chi connectivity index (χ0) is 18.0. The van der Waals surface area contributed by atoms with Crippen molar-refractivity contribution in [1.29, 1.82) is 0 Å². The van der Waals surface area contributed by atoms with Gasteiger partial charge in [-0.15, -0.1) is 0 Å². The van der Waals surface area contributed by atoms with Crippen LogP contribution in [0.15, 0.2) is 30.3 Å². The van der Waals surface area contributed by atoms with Crippen molar-refractivity contribution < 1.29 is 19.0 Å². The number of carbonyl (C=O) groups is 1. The number of hydrogen-bond donors (Lipinski definition) is 1. The molecule has 1 atom stereocenters. The molecule has 0 fully saturated rings. The molecule has 0 saturated carbocycles. The Hall–Kier alpha value is -1.43. The van der Waals surface area contributed by atoms with Crippen molar-refractivity contribution >= 4 is 5.97 Å². The lowest BCUT2D eigenvalue weighted by Gasteiger charge is -2.26. The van der Waals surface area contributed by atoms with Crippen LogP contribution in [0.5, 0.6) is 0 Å². The maximum Gasteiger partial charge on any atom is 0.324 e. The minimum Gasteiger partial charge on any atom is -0.459 e. The number of nitrogens with one attached hydrogen (secondary N) is 1. The van der Waals surface area contributed by atoms with Gasteiger partial charge in [-0.1, -0.05) is 30.3 Å². The van der Waals surface area contributed by atoms with Crippen LogP contribution in [0.25, 0.3) is 0 Å². The van der Waals surface area contributed by atoms with Crippen LogP contribution in [0.1, 0.15) is 40.2 Å². The molecule has 0 aromatic heterocycles. The van der Waals surface area contributed by atoms with Crippen LogP contribution in [0.3, 0.4) is 0 Å². The molecule has 0 aliphatic rings. The molecule has 5 nitrogen and oxygen atoms in total. The van der Waals surface area contributed by atoms with E-state index >= 15 is 0 Å². The zero-order valence-corrected chi connectivity index (χ0v) is 15.5. The van der Waals surface area contributed by atoms with E-state index in [9.17, 15) is 4.79 Å². The minimum atomic E-state index is -0.521. The second-order valence-corrected chi connectivity index (χ2v) is 6.52. The highest BCUT2D eigenvalue weighted by Crippen LogP contribution is 2.12. The first kappa shape index (κ1) is 20.6. The van der Waals surface area contributed by atoms with Crippen molar-refractivity contribution in [3.05, 3.63) is 35.9 Å². The highest BCUT2D eigenvalue weighted by molar-refractivity contribution is 5.76. The Bertz CT molecular complexity index is 464. The summed E-state index contributed by atoms with van der Waals surface area (Å²) in [6.45, 7) is 11.0. The van der Waals surface area contributed by atoms with E-state index < -0.39 is 11.6 Å². The Morgan fingerprint density at radius 2 is 1.67 bits per heavy atom. The van der Waals surface area contributed by atoms with Crippen molar-refractivity contribution in [2.75, 3.05) is 19.8 Å². The van der Waals surface area contributed by atoms with Crippen molar-refractivity contribution in [2.24, 2.45) is 0 Å². The Labute approximate surface area is 145 Å². The predicted molar refractivity (Wildman–Crippen MR) is 94.8 cm³/mol. The monoisotopic (exact) mass is 337 g/mol. The topological polar surface area (TPSA) is 56.8 Å². The summed E-state index contributed by atoms with van der Waals surface area (Å²) in [5.41, 5.74) is 0.553. The number of rotatable bonds is 10. The first-order chi connectivity index (χ1) is 11.4. The lowest BCUT2D eigenvalue weighted by molar-refractivity contribution is -0.159. The molecule has 0 aliphatic carbocycles. The van der Waals surface area contributed by atoms with Gasteiger partial charge in [0.05, 0.1) is 0 Å². The van der Waals surface area contributed by atoms with Gasteiger partial charge in [0.25, 0.3) is 0 Å². The van der Waals surface area contributed by atoms with Crippen molar-refractivity contribution in [1.82, 2.24) is 5.32 Å². The lowest BCUT2D eigenvalue weighted by atomic mass is 10.1. The Balaban J connectivity index is 2.74. The average molecular weight is 337 g/mol. The van der Waals surface area contributed by atoms with Gasteiger partial charge < -0.3 is 14.2 Å². The standard InChI is InChI=1S/C19H31NO4/c1-6-22-17(23-7-2)14-20-16(18(21)24-19(3,4)5)13-15-11-9-8-10-12-15/h8-12,16-17,20H,6-7,13-14H2,1-5H3. The molecule has 24 heavy (non-hydrogen) atoms. The molecule has 0 spiro atoms. The summed E-state index contributed by atoms with van der Waals surface area (Å²) in [6, 6.07) is 9.44. The van der Waals surface area contributed by atoms with Gasteiger partial charge in [-0.2, -0.15) is 0 Å². The molecule has 1 aromatic carbocycles. The van der Waals surface area contributed by atoms with E-state index in [1.165, 1.54) is 0 Å². The SMILES string of the molecule is CCOC(CNC(Cc1ccccc1)C(=O)OC(C)(C)C)OCC. The van der Waals surface area contributed by atoms with E-state index in [-0.39, 0.29) is 12.3 Å². The third kappa shape index (κ3) is 8.43. The first-order valence-corrected chi connectivity index (χ1v) is 8.59. The van der Waals surface area contributed by atoms with E-state index in [0.29, 0.717) is 26.2 Å². The van der Waals surface area contributed by atoms with Crippen molar-refractivity contribution in [3.63, 3.8) is 0 Å². The van der Waals surface area contributed by atoms with Gasteiger partial charge >= 0.3 is 5.97 Å². The third-order valence-corrected chi connectivity index (χ3v) is 3.21. The molecule has 0 bridgehead atoms. The van der Waals surface area contributed by atoms with Gasteiger partial charge in [0.2, 0.25) is 0 Å². The number of esters is 1. The summed E-state index contributed by atoms with van der Waals surface area (Å²) in [5.74, 6) is -0.266. The highest BCUT2D eigenvalue weighted by Gasteiger charge is 2.26. The molecule has 1 N–H and O–H groups in total.